The van der Waals surface area contributed by atoms with Gasteiger partial charge in [0.25, 0.3) is 0 Å². The summed E-state index contributed by atoms with van der Waals surface area (Å²) in [4.78, 5) is 10.7. The molecule has 0 unspecified atom stereocenters. The van der Waals surface area contributed by atoms with Gasteiger partial charge in [-0.15, -0.1) is 0 Å². The number of hydrogen-bond acceptors (Lipinski definition) is 1. The number of carbonyl (C=O) groups excluding carboxylic acids is 1. The summed E-state index contributed by atoms with van der Waals surface area (Å²) in [5.41, 5.74) is 0.501. The molecule has 1 saturated carbocycles. The third-order valence-electron chi connectivity index (χ3n) is 2.74. The Morgan fingerprint density at radius 1 is 1.45 bits per heavy atom. The van der Waals surface area contributed by atoms with Gasteiger partial charge < -0.3 is 0 Å². The Kier molecular flexibility index (Phi) is 3.34. The fraction of sp³-hybridized carbons (Fsp3) is 0.889. The largest absolute Gasteiger partial charge is 0.288 e. The first-order chi connectivity index (χ1) is 5.12. The molecule has 0 aromatic rings. The van der Waals surface area contributed by atoms with E-state index in [9.17, 15) is 4.79 Å². The lowest BCUT2D eigenvalue weighted by atomic mass is 9.84. The van der Waals surface area contributed by atoms with Crippen LogP contribution in [0.1, 0.15) is 45.4 Å². The van der Waals surface area contributed by atoms with E-state index in [-0.39, 0.29) is 0 Å². The monoisotopic (exact) mass is 266 g/mol. The second-order valence-electron chi connectivity index (χ2n) is 3.87. The van der Waals surface area contributed by atoms with Gasteiger partial charge in [-0.2, -0.15) is 0 Å². The predicted octanol–water partition coefficient (Wildman–Crippen LogP) is 3.31. The van der Waals surface area contributed by atoms with Crippen LogP contribution < -0.4 is 0 Å². The highest BCUT2D eigenvalue weighted by atomic mass is 127. The van der Waals surface area contributed by atoms with E-state index < -0.39 is 0 Å². The van der Waals surface area contributed by atoms with Crippen molar-refractivity contribution in [3.63, 3.8) is 0 Å². The van der Waals surface area contributed by atoms with Crippen LogP contribution in [0.2, 0.25) is 0 Å². The van der Waals surface area contributed by atoms with Gasteiger partial charge in [0.15, 0.2) is 3.79 Å². The maximum Gasteiger partial charge on any atom is 0.192 e. The summed E-state index contributed by atoms with van der Waals surface area (Å²) in [7, 11) is 0. The van der Waals surface area contributed by atoms with Crippen molar-refractivity contribution < 1.29 is 4.79 Å². The van der Waals surface area contributed by atoms with Crippen molar-refractivity contribution in [3.05, 3.63) is 0 Å². The number of rotatable bonds is 3. The van der Waals surface area contributed by atoms with Gasteiger partial charge in [-0.05, 0) is 47.3 Å². The first kappa shape index (κ1) is 9.49. The van der Waals surface area contributed by atoms with Crippen molar-refractivity contribution in [2.24, 2.45) is 5.41 Å². The molecule has 1 aliphatic carbocycles. The zero-order chi connectivity index (χ0) is 8.32. The summed E-state index contributed by atoms with van der Waals surface area (Å²) in [6.07, 6.45) is 7.28. The maximum atomic E-state index is 10.7. The van der Waals surface area contributed by atoms with E-state index in [1.54, 1.807) is 0 Å². The Hall–Kier alpha value is 0.400. The molecule has 0 saturated heterocycles. The molecule has 1 nitrogen and oxygen atoms in total. The summed E-state index contributed by atoms with van der Waals surface area (Å²) in [5, 5.41) is 0. The van der Waals surface area contributed by atoms with Crippen LogP contribution in [0.4, 0.5) is 0 Å². The van der Waals surface area contributed by atoms with E-state index in [2.05, 4.69) is 6.92 Å². The number of halogens is 1. The second kappa shape index (κ2) is 3.87. The molecule has 64 valence electrons. The quantitative estimate of drug-likeness (QED) is 0.565. The van der Waals surface area contributed by atoms with E-state index in [0.717, 1.165) is 12.8 Å². The second-order valence-corrected chi connectivity index (χ2v) is 5.08. The first-order valence-electron chi connectivity index (χ1n) is 4.31. The van der Waals surface area contributed by atoms with E-state index in [1.165, 1.54) is 25.7 Å². The minimum absolute atomic E-state index is 0.315. The molecular weight excluding hydrogens is 251 g/mol. The molecular formula is C9H15IO. The van der Waals surface area contributed by atoms with Crippen LogP contribution in [0.5, 0.6) is 0 Å². The Balaban J connectivity index is 2.28. The van der Waals surface area contributed by atoms with Crippen LogP contribution in [0.3, 0.4) is 0 Å². The minimum atomic E-state index is 0.315. The summed E-state index contributed by atoms with van der Waals surface area (Å²) in [5.74, 6) is 0. The fourth-order valence-electron chi connectivity index (χ4n) is 1.88. The Morgan fingerprint density at radius 3 is 2.45 bits per heavy atom. The molecule has 0 amide bonds. The average Bonchev–Trinajstić information content (AvgIpc) is 2.33. The fourth-order valence-corrected chi connectivity index (χ4v) is 2.15. The molecule has 1 fully saturated rings. The molecule has 0 aromatic heterocycles. The molecule has 1 aliphatic rings. The third kappa shape index (κ3) is 3.09. The predicted molar refractivity (Wildman–Crippen MR) is 54.8 cm³/mol. The van der Waals surface area contributed by atoms with Gasteiger partial charge in [-0.1, -0.05) is 19.8 Å². The number of carbonyl (C=O) groups is 1. The number of hydrogen-bond donors (Lipinski definition) is 0. The average molecular weight is 266 g/mol. The molecule has 0 aliphatic heterocycles. The van der Waals surface area contributed by atoms with Crippen LogP contribution in [-0.2, 0) is 4.79 Å². The first-order valence-corrected chi connectivity index (χ1v) is 5.39. The molecule has 0 radical (unpaired) electrons. The highest BCUT2D eigenvalue weighted by molar-refractivity contribution is 14.1. The van der Waals surface area contributed by atoms with Crippen LogP contribution in [0.25, 0.3) is 0 Å². The van der Waals surface area contributed by atoms with Gasteiger partial charge in [0.1, 0.15) is 0 Å². The van der Waals surface area contributed by atoms with Crippen LogP contribution in [0.15, 0.2) is 0 Å². The Bertz CT molecular complexity index is 148. The van der Waals surface area contributed by atoms with Gasteiger partial charge in [0, 0.05) is 6.42 Å². The summed E-state index contributed by atoms with van der Waals surface area (Å²) in [6, 6.07) is 0. The van der Waals surface area contributed by atoms with Gasteiger partial charge in [0.05, 0.1) is 0 Å². The highest BCUT2D eigenvalue weighted by Gasteiger charge is 2.28. The molecule has 2 heteroatoms. The van der Waals surface area contributed by atoms with Crippen molar-refractivity contribution in [3.8, 4) is 0 Å². The molecule has 0 spiro atoms. The molecule has 0 bridgehead atoms. The maximum absolute atomic E-state index is 10.7. The van der Waals surface area contributed by atoms with Crippen molar-refractivity contribution in [2.75, 3.05) is 0 Å². The Labute approximate surface area is 82.1 Å². The summed E-state index contributed by atoms with van der Waals surface area (Å²) in [6.45, 7) is 2.32. The molecule has 0 heterocycles. The van der Waals surface area contributed by atoms with Gasteiger partial charge in [-0.3, -0.25) is 4.79 Å². The van der Waals surface area contributed by atoms with E-state index in [0.29, 0.717) is 9.20 Å². The van der Waals surface area contributed by atoms with Gasteiger partial charge in [-0.25, -0.2) is 0 Å². The lowest BCUT2D eigenvalue weighted by Gasteiger charge is -2.21. The van der Waals surface area contributed by atoms with Crippen LogP contribution in [-0.4, -0.2) is 3.79 Å². The zero-order valence-corrected chi connectivity index (χ0v) is 9.19. The topological polar surface area (TPSA) is 17.1 Å². The van der Waals surface area contributed by atoms with E-state index in [4.69, 9.17) is 0 Å². The van der Waals surface area contributed by atoms with Crippen molar-refractivity contribution >= 4 is 26.4 Å². The minimum Gasteiger partial charge on any atom is -0.288 e. The van der Waals surface area contributed by atoms with Crippen LogP contribution in [0, 0.1) is 5.41 Å². The van der Waals surface area contributed by atoms with Crippen molar-refractivity contribution in [2.45, 2.75) is 45.4 Å². The molecule has 0 atom stereocenters. The molecule has 11 heavy (non-hydrogen) atoms. The SMILES string of the molecule is CC1(CCC(=O)I)CCCC1. The van der Waals surface area contributed by atoms with Crippen molar-refractivity contribution in [1.29, 1.82) is 0 Å². The highest BCUT2D eigenvalue weighted by Crippen LogP contribution is 2.41. The smallest absolute Gasteiger partial charge is 0.192 e. The Morgan fingerprint density at radius 2 is 2.00 bits per heavy atom. The summed E-state index contributed by atoms with van der Waals surface area (Å²) < 4.78 is 0.315. The summed E-state index contributed by atoms with van der Waals surface area (Å²) >= 11 is 1.90. The standard InChI is InChI=1S/C9H15IO/c1-9(5-2-3-6-9)7-4-8(10)11/h2-7H2,1H3. The van der Waals surface area contributed by atoms with Gasteiger partial charge >= 0.3 is 0 Å². The zero-order valence-electron chi connectivity index (χ0n) is 7.03. The van der Waals surface area contributed by atoms with Gasteiger partial charge in [0.2, 0.25) is 0 Å². The van der Waals surface area contributed by atoms with E-state index >= 15 is 0 Å². The normalized spacial score (nSPS) is 22.0. The lowest BCUT2D eigenvalue weighted by Crippen LogP contribution is -2.11. The lowest BCUT2D eigenvalue weighted by molar-refractivity contribution is -0.109. The molecule has 0 aromatic carbocycles. The third-order valence-corrected chi connectivity index (χ3v) is 3.28. The van der Waals surface area contributed by atoms with Crippen LogP contribution >= 0.6 is 22.6 Å². The molecule has 1 rings (SSSR count). The van der Waals surface area contributed by atoms with Crippen molar-refractivity contribution in [1.82, 2.24) is 0 Å². The van der Waals surface area contributed by atoms with E-state index in [1.807, 2.05) is 22.6 Å². The molecule has 0 N–H and O–H groups in total.